The molecule has 0 amide bonds. The van der Waals surface area contributed by atoms with Gasteiger partial charge in [0.05, 0.1) is 24.3 Å². The molecule has 0 aromatic heterocycles. The van der Waals surface area contributed by atoms with E-state index in [1.54, 1.807) is 6.92 Å². The Kier molecular flexibility index (Phi) is 5.18. The number of esters is 1. The summed E-state index contributed by atoms with van der Waals surface area (Å²) in [6.07, 6.45) is -5.47. The highest BCUT2D eigenvalue weighted by Crippen LogP contribution is 2.24. The number of carbonyl (C=O) groups excluding carboxylic acids is 1. The third-order valence-corrected chi connectivity index (χ3v) is 2.36. The first-order chi connectivity index (χ1) is 9.24. The summed E-state index contributed by atoms with van der Waals surface area (Å²) in [5.41, 5.74) is 5.01. The minimum absolute atomic E-state index is 0.0947. The van der Waals surface area contributed by atoms with Gasteiger partial charge in [-0.05, 0) is 19.1 Å². The van der Waals surface area contributed by atoms with Crippen LogP contribution in [0.25, 0.3) is 0 Å². The fourth-order valence-electron chi connectivity index (χ4n) is 1.45. The number of nitrogens with one attached hydrogen (secondary N) is 1. The summed E-state index contributed by atoms with van der Waals surface area (Å²) >= 11 is 0. The highest BCUT2D eigenvalue weighted by Gasteiger charge is 2.26. The molecule has 1 rings (SSSR count). The number of hydrogen-bond acceptors (Lipinski definition) is 4. The summed E-state index contributed by atoms with van der Waals surface area (Å²) in [5, 5.41) is 2.28. The van der Waals surface area contributed by atoms with Gasteiger partial charge in [-0.3, -0.25) is 0 Å². The van der Waals surface area contributed by atoms with Crippen LogP contribution in [0.1, 0.15) is 23.7 Å². The van der Waals surface area contributed by atoms with Crippen molar-refractivity contribution in [1.82, 2.24) is 0 Å². The molecule has 0 fully saturated rings. The summed E-state index contributed by atoms with van der Waals surface area (Å²) in [6.45, 7) is 1.18. The fraction of sp³-hybridized carbons (Fsp3) is 0.417. The molecule has 0 saturated carbocycles. The molecule has 20 heavy (non-hydrogen) atoms. The molecule has 112 valence electrons. The summed E-state index contributed by atoms with van der Waals surface area (Å²) in [7, 11) is 0. The topological polar surface area (TPSA) is 64.3 Å². The number of hydrogen-bond donors (Lipinski definition) is 2. The number of carbonyl (C=O) groups is 1. The predicted octanol–water partition coefficient (Wildman–Crippen LogP) is 2.95. The lowest BCUT2D eigenvalue weighted by Gasteiger charge is -2.12. The quantitative estimate of drug-likeness (QED) is 0.498. The number of nitrogens with two attached hydrogens (primary N) is 1. The summed E-state index contributed by atoms with van der Waals surface area (Å²) in [4.78, 5) is 11.5. The molecule has 4 nitrogen and oxygen atoms in total. The van der Waals surface area contributed by atoms with E-state index < -0.39 is 30.9 Å². The van der Waals surface area contributed by atoms with Crippen LogP contribution in [0.15, 0.2) is 12.1 Å². The molecular formula is C12H14F4N2O2. The molecule has 0 spiro atoms. The van der Waals surface area contributed by atoms with E-state index >= 15 is 0 Å². The Morgan fingerprint density at radius 3 is 2.60 bits per heavy atom. The van der Waals surface area contributed by atoms with E-state index in [9.17, 15) is 22.4 Å². The number of nitrogen functional groups attached to an aromatic ring is 1. The van der Waals surface area contributed by atoms with Gasteiger partial charge in [0, 0.05) is 12.2 Å². The Hall–Kier alpha value is -1.99. The zero-order valence-corrected chi connectivity index (χ0v) is 10.7. The first-order valence-corrected chi connectivity index (χ1v) is 5.81. The van der Waals surface area contributed by atoms with Gasteiger partial charge in [-0.25, -0.2) is 9.18 Å². The Morgan fingerprint density at radius 1 is 1.40 bits per heavy atom. The van der Waals surface area contributed by atoms with Crippen LogP contribution in [-0.2, 0) is 4.74 Å². The molecule has 0 aliphatic heterocycles. The number of benzene rings is 1. The second-order valence-electron chi connectivity index (χ2n) is 3.93. The van der Waals surface area contributed by atoms with Crippen molar-refractivity contribution in [2.75, 3.05) is 24.2 Å². The van der Waals surface area contributed by atoms with E-state index in [4.69, 9.17) is 10.5 Å². The highest BCUT2D eigenvalue weighted by molar-refractivity contribution is 5.96. The van der Waals surface area contributed by atoms with Crippen LogP contribution >= 0.6 is 0 Å². The van der Waals surface area contributed by atoms with Crippen molar-refractivity contribution in [3.63, 3.8) is 0 Å². The Balaban J connectivity index is 2.86. The van der Waals surface area contributed by atoms with Crippen LogP contribution in [0.5, 0.6) is 0 Å². The lowest BCUT2D eigenvalue weighted by atomic mass is 10.1. The van der Waals surface area contributed by atoms with Crippen molar-refractivity contribution in [2.24, 2.45) is 0 Å². The summed E-state index contributed by atoms with van der Waals surface area (Å²) in [6, 6.07) is 1.90. The van der Waals surface area contributed by atoms with Crippen molar-refractivity contribution in [1.29, 1.82) is 0 Å². The van der Waals surface area contributed by atoms with Gasteiger partial charge in [-0.15, -0.1) is 0 Å². The average molecular weight is 294 g/mol. The number of anilines is 2. The smallest absolute Gasteiger partial charge is 0.390 e. The van der Waals surface area contributed by atoms with Crippen molar-refractivity contribution in [3.05, 3.63) is 23.5 Å². The van der Waals surface area contributed by atoms with Gasteiger partial charge < -0.3 is 15.8 Å². The monoisotopic (exact) mass is 294 g/mol. The molecule has 0 unspecified atom stereocenters. The number of halogens is 4. The van der Waals surface area contributed by atoms with E-state index in [2.05, 4.69) is 5.32 Å². The number of ether oxygens (including phenoxy) is 1. The predicted molar refractivity (Wildman–Crippen MR) is 65.9 cm³/mol. The molecule has 1 aromatic rings. The maximum absolute atomic E-state index is 13.5. The van der Waals surface area contributed by atoms with Crippen molar-refractivity contribution < 1.29 is 27.1 Å². The zero-order chi connectivity index (χ0) is 15.3. The third-order valence-electron chi connectivity index (χ3n) is 2.36. The van der Waals surface area contributed by atoms with Gasteiger partial charge in [0.2, 0.25) is 0 Å². The molecule has 8 heteroatoms. The maximum atomic E-state index is 13.5. The van der Waals surface area contributed by atoms with Crippen molar-refractivity contribution in [2.45, 2.75) is 19.5 Å². The van der Waals surface area contributed by atoms with E-state index in [-0.39, 0.29) is 23.5 Å². The number of rotatable bonds is 5. The van der Waals surface area contributed by atoms with Crippen molar-refractivity contribution in [3.8, 4) is 0 Å². The Labute approximate surface area is 112 Å². The van der Waals surface area contributed by atoms with Gasteiger partial charge in [0.25, 0.3) is 0 Å². The summed E-state index contributed by atoms with van der Waals surface area (Å²) in [5.74, 6) is -1.60. The molecule has 0 heterocycles. The standard InChI is InChI=1S/C12H14F4N2O2/c1-2-20-11(19)7-5-10(8(13)6-9(7)17)18-4-3-12(14,15)16/h5-6,18H,2-4,17H2,1H3. The molecular weight excluding hydrogens is 280 g/mol. The van der Waals surface area contributed by atoms with Gasteiger partial charge in [-0.1, -0.05) is 0 Å². The first-order valence-electron chi connectivity index (χ1n) is 5.81. The molecule has 0 radical (unpaired) electrons. The Morgan fingerprint density at radius 2 is 2.05 bits per heavy atom. The van der Waals surface area contributed by atoms with Crippen LogP contribution in [0.2, 0.25) is 0 Å². The van der Waals surface area contributed by atoms with Crippen LogP contribution < -0.4 is 11.1 Å². The molecule has 1 aromatic carbocycles. The SMILES string of the molecule is CCOC(=O)c1cc(NCCC(F)(F)F)c(F)cc1N. The van der Waals surface area contributed by atoms with Gasteiger partial charge >= 0.3 is 12.1 Å². The molecule has 0 bridgehead atoms. The van der Waals surface area contributed by atoms with Gasteiger partial charge in [-0.2, -0.15) is 13.2 Å². The first kappa shape index (κ1) is 16.1. The molecule has 0 aliphatic rings. The zero-order valence-electron chi connectivity index (χ0n) is 10.7. The van der Waals surface area contributed by atoms with E-state index in [0.717, 1.165) is 12.1 Å². The second-order valence-corrected chi connectivity index (χ2v) is 3.93. The fourth-order valence-corrected chi connectivity index (χ4v) is 1.45. The van der Waals surface area contributed by atoms with Crippen molar-refractivity contribution >= 4 is 17.3 Å². The molecule has 0 saturated heterocycles. The van der Waals surface area contributed by atoms with Crippen LogP contribution in [-0.4, -0.2) is 25.3 Å². The molecule has 0 atom stereocenters. The third kappa shape index (κ3) is 4.60. The van der Waals surface area contributed by atoms with Gasteiger partial charge in [0.1, 0.15) is 5.82 Å². The molecule has 0 aliphatic carbocycles. The lowest BCUT2D eigenvalue weighted by Crippen LogP contribution is -2.16. The number of alkyl halides is 3. The van der Waals surface area contributed by atoms with Crippen LogP contribution in [0, 0.1) is 5.82 Å². The largest absolute Gasteiger partial charge is 0.462 e. The van der Waals surface area contributed by atoms with Gasteiger partial charge in [0.15, 0.2) is 0 Å². The molecule has 3 N–H and O–H groups in total. The minimum Gasteiger partial charge on any atom is -0.462 e. The van der Waals surface area contributed by atoms with Crippen LogP contribution in [0.3, 0.4) is 0 Å². The van der Waals surface area contributed by atoms with Crippen LogP contribution in [0.4, 0.5) is 28.9 Å². The second kappa shape index (κ2) is 6.44. The highest BCUT2D eigenvalue weighted by atomic mass is 19.4. The Bertz CT molecular complexity index is 489. The minimum atomic E-state index is -4.35. The average Bonchev–Trinajstić information content (AvgIpc) is 2.30. The maximum Gasteiger partial charge on any atom is 0.390 e. The van der Waals surface area contributed by atoms with E-state index in [0.29, 0.717) is 0 Å². The van der Waals surface area contributed by atoms with E-state index in [1.807, 2.05) is 0 Å². The normalized spacial score (nSPS) is 11.2. The van der Waals surface area contributed by atoms with E-state index in [1.165, 1.54) is 0 Å². The summed E-state index contributed by atoms with van der Waals surface area (Å²) < 4.78 is 54.2. The lowest BCUT2D eigenvalue weighted by molar-refractivity contribution is -0.131.